The molecule has 126 valence electrons. The van der Waals surface area contributed by atoms with E-state index in [1.54, 1.807) is 0 Å². The summed E-state index contributed by atoms with van der Waals surface area (Å²) >= 11 is 0. The highest BCUT2D eigenvalue weighted by Gasteiger charge is 1.99. The normalized spacial score (nSPS) is 11.2. The van der Waals surface area contributed by atoms with Crippen molar-refractivity contribution in [1.29, 1.82) is 0 Å². The SMILES string of the molecule is CC(=O)Nc1ccc(CCN=C(N)Nc2ccc(C)c(C)c2)cc1. The fourth-order valence-electron chi connectivity index (χ4n) is 2.27. The van der Waals surface area contributed by atoms with Gasteiger partial charge in [-0.3, -0.25) is 9.79 Å². The second-order valence-corrected chi connectivity index (χ2v) is 5.82. The zero-order valence-corrected chi connectivity index (χ0v) is 14.4. The van der Waals surface area contributed by atoms with Crippen molar-refractivity contribution >= 4 is 23.2 Å². The molecule has 0 atom stereocenters. The van der Waals surface area contributed by atoms with Crippen LogP contribution < -0.4 is 16.4 Å². The largest absolute Gasteiger partial charge is 0.370 e. The molecule has 1 amide bonds. The standard InChI is InChI=1S/C19H24N4O/c1-13-4-7-18(12-14(13)2)23-19(20)21-11-10-16-5-8-17(9-6-16)22-15(3)24/h4-9,12H,10-11H2,1-3H3,(H,22,24)(H3,20,21,23). The van der Waals surface area contributed by atoms with Crippen molar-refractivity contribution in [3.8, 4) is 0 Å². The number of nitrogens with two attached hydrogens (primary N) is 1. The van der Waals surface area contributed by atoms with Gasteiger partial charge in [-0.15, -0.1) is 0 Å². The third kappa shape index (κ3) is 5.43. The Morgan fingerprint density at radius 3 is 2.29 bits per heavy atom. The fraction of sp³-hybridized carbons (Fsp3) is 0.263. The Bertz CT molecular complexity index is 736. The van der Waals surface area contributed by atoms with Crippen molar-refractivity contribution in [1.82, 2.24) is 0 Å². The van der Waals surface area contributed by atoms with Gasteiger partial charge >= 0.3 is 0 Å². The quantitative estimate of drug-likeness (QED) is 0.583. The summed E-state index contributed by atoms with van der Waals surface area (Å²) in [4.78, 5) is 15.3. The summed E-state index contributed by atoms with van der Waals surface area (Å²) in [7, 11) is 0. The lowest BCUT2D eigenvalue weighted by Gasteiger charge is -2.08. The monoisotopic (exact) mass is 324 g/mol. The Hall–Kier alpha value is -2.82. The Labute approximate surface area is 143 Å². The van der Waals surface area contributed by atoms with Crippen LogP contribution in [-0.4, -0.2) is 18.4 Å². The number of amides is 1. The van der Waals surface area contributed by atoms with Gasteiger partial charge in [-0.2, -0.15) is 0 Å². The molecule has 0 aliphatic rings. The summed E-state index contributed by atoms with van der Waals surface area (Å²) in [6.07, 6.45) is 0.787. The summed E-state index contributed by atoms with van der Waals surface area (Å²) < 4.78 is 0. The van der Waals surface area contributed by atoms with Gasteiger partial charge in [0.2, 0.25) is 5.91 Å². The van der Waals surface area contributed by atoms with Crippen molar-refractivity contribution < 1.29 is 4.79 Å². The molecule has 2 aromatic carbocycles. The Kier molecular flexibility index (Phi) is 5.95. The number of aliphatic imine (C=N–C) groups is 1. The van der Waals surface area contributed by atoms with Gasteiger partial charge in [-0.1, -0.05) is 18.2 Å². The van der Waals surface area contributed by atoms with E-state index < -0.39 is 0 Å². The Balaban J connectivity index is 1.86. The van der Waals surface area contributed by atoms with Gasteiger partial charge < -0.3 is 16.4 Å². The van der Waals surface area contributed by atoms with Crippen molar-refractivity contribution in [2.75, 3.05) is 17.2 Å². The molecule has 0 radical (unpaired) electrons. The van der Waals surface area contributed by atoms with E-state index in [2.05, 4.69) is 41.6 Å². The molecule has 0 fully saturated rings. The van der Waals surface area contributed by atoms with Crippen LogP contribution >= 0.6 is 0 Å². The molecule has 0 bridgehead atoms. The van der Waals surface area contributed by atoms with Gasteiger partial charge in [0.25, 0.3) is 0 Å². The van der Waals surface area contributed by atoms with Crippen molar-refractivity contribution in [2.24, 2.45) is 10.7 Å². The van der Waals surface area contributed by atoms with Crippen LogP contribution in [0.5, 0.6) is 0 Å². The van der Waals surface area contributed by atoms with Gasteiger partial charge in [-0.25, -0.2) is 0 Å². The summed E-state index contributed by atoms with van der Waals surface area (Å²) in [6.45, 7) is 6.24. The van der Waals surface area contributed by atoms with Crippen LogP contribution in [0.4, 0.5) is 11.4 Å². The van der Waals surface area contributed by atoms with E-state index in [-0.39, 0.29) is 5.91 Å². The average Bonchev–Trinajstić information content (AvgIpc) is 2.52. The number of hydrogen-bond donors (Lipinski definition) is 3. The highest BCUT2D eigenvalue weighted by molar-refractivity contribution is 5.92. The first-order valence-corrected chi connectivity index (χ1v) is 7.95. The van der Waals surface area contributed by atoms with Crippen LogP contribution in [0, 0.1) is 13.8 Å². The molecular formula is C19H24N4O. The first-order chi connectivity index (χ1) is 11.4. The summed E-state index contributed by atoms with van der Waals surface area (Å²) in [5, 5.41) is 5.85. The summed E-state index contributed by atoms with van der Waals surface area (Å²) in [5.41, 5.74) is 11.3. The van der Waals surface area contributed by atoms with Crippen LogP contribution in [0.15, 0.2) is 47.5 Å². The topological polar surface area (TPSA) is 79.5 Å². The molecule has 5 heteroatoms. The van der Waals surface area contributed by atoms with Crippen LogP contribution in [0.2, 0.25) is 0 Å². The van der Waals surface area contributed by atoms with E-state index in [4.69, 9.17) is 5.73 Å². The second-order valence-electron chi connectivity index (χ2n) is 5.82. The molecule has 0 saturated carbocycles. The van der Waals surface area contributed by atoms with Crippen LogP contribution in [-0.2, 0) is 11.2 Å². The number of aryl methyl sites for hydroxylation is 2. The zero-order valence-electron chi connectivity index (χ0n) is 14.4. The zero-order chi connectivity index (χ0) is 17.5. The molecule has 0 aliphatic carbocycles. The molecule has 2 aromatic rings. The van der Waals surface area contributed by atoms with Crippen LogP contribution in [0.3, 0.4) is 0 Å². The number of nitrogens with one attached hydrogen (secondary N) is 2. The molecule has 5 nitrogen and oxygen atoms in total. The maximum atomic E-state index is 11.0. The second kappa shape index (κ2) is 8.15. The average molecular weight is 324 g/mol. The lowest BCUT2D eigenvalue weighted by atomic mass is 10.1. The number of anilines is 2. The number of carbonyl (C=O) groups is 1. The van der Waals surface area contributed by atoms with E-state index in [0.717, 1.165) is 23.4 Å². The number of guanidine groups is 1. The maximum absolute atomic E-state index is 11.0. The lowest BCUT2D eigenvalue weighted by molar-refractivity contribution is -0.114. The minimum absolute atomic E-state index is 0.0717. The van der Waals surface area contributed by atoms with E-state index >= 15 is 0 Å². The molecule has 0 heterocycles. The molecule has 0 aromatic heterocycles. The van der Waals surface area contributed by atoms with Crippen molar-refractivity contribution in [3.05, 3.63) is 59.2 Å². The third-order valence-electron chi connectivity index (χ3n) is 3.74. The van der Waals surface area contributed by atoms with Crippen LogP contribution in [0.1, 0.15) is 23.6 Å². The minimum Gasteiger partial charge on any atom is -0.370 e. The number of hydrogen-bond acceptors (Lipinski definition) is 2. The first kappa shape index (κ1) is 17.5. The molecule has 2 rings (SSSR count). The van der Waals surface area contributed by atoms with Gasteiger partial charge in [0, 0.05) is 24.8 Å². The van der Waals surface area contributed by atoms with Gasteiger partial charge in [0.1, 0.15) is 0 Å². The number of rotatable bonds is 5. The van der Waals surface area contributed by atoms with E-state index in [0.29, 0.717) is 12.5 Å². The van der Waals surface area contributed by atoms with Crippen molar-refractivity contribution in [3.63, 3.8) is 0 Å². The van der Waals surface area contributed by atoms with E-state index in [9.17, 15) is 4.79 Å². The molecule has 24 heavy (non-hydrogen) atoms. The molecule has 0 saturated heterocycles. The number of benzene rings is 2. The molecular weight excluding hydrogens is 300 g/mol. The maximum Gasteiger partial charge on any atom is 0.221 e. The molecule has 0 spiro atoms. The van der Waals surface area contributed by atoms with Crippen molar-refractivity contribution in [2.45, 2.75) is 27.2 Å². The summed E-state index contributed by atoms with van der Waals surface area (Å²) in [5.74, 6) is 0.339. The first-order valence-electron chi connectivity index (χ1n) is 7.95. The van der Waals surface area contributed by atoms with Gasteiger partial charge in [0.15, 0.2) is 5.96 Å². The third-order valence-corrected chi connectivity index (χ3v) is 3.74. The summed E-state index contributed by atoms with van der Waals surface area (Å²) in [6, 6.07) is 13.8. The Morgan fingerprint density at radius 1 is 1.00 bits per heavy atom. The van der Waals surface area contributed by atoms with Gasteiger partial charge in [0.05, 0.1) is 0 Å². The highest BCUT2D eigenvalue weighted by atomic mass is 16.1. The van der Waals surface area contributed by atoms with Crippen LogP contribution in [0.25, 0.3) is 0 Å². The molecule has 0 aliphatic heterocycles. The lowest BCUT2D eigenvalue weighted by Crippen LogP contribution is -2.23. The van der Waals surface area contributed by atoms with Gasteiger partial charge in [-0.05, 0) is 61.2 Å². The highest BCUT2D eigenvalue weighted by Crippen LogP contribution is 2.14. The predicted octanol–water partition coefficient (Wildman–Crippen LogP) is 3.23. The molecule has 4 N–H and O–H groups in total. The number of carbonyl (C=O) groups excluding carboxylic acids is 1. The smallest absolute Gasteiger partial charge is 0.221 e. The number of nitrogens with zero attached hydrogens (tertiary/aromatic N) is 1. The Morgan fingerprint density at radius 2 is 1.67 bits per heavy atom. The predicted molar refractivity (Wildman–Crippen MR) is 100 cm³/mol. The van der Waals surface area contributed by atoms with E-state index in [1.165, 1.54) is 18.1 Å². The fourth-order valence-corrected chi connectivity index (χ4v) is 2.27. The van der Waals surface area contributed by atoms with E-state index in [1.807, 2.05) is 30.3 Å². The minimum atomic E-state index is -0.0717. The molecule has 0 unspecified atom stereocenters.